The second-order valence-electron chi connectivity index (χ2n) is 6.13. The Morgan fingerprint density at radius 2 is 2.04 bits per heavy atom. The van der Waals surface area contributed by atoms with Gasteiger partial charge in [0.1, 0.15) is 11.6 Å². The molecule has 2 amide bonds. The molecule has 4 rings (SSSR count). The van der Waals surface area contributed by atoms with Gasteiger partial charge in [-0.25, -0.2) is 14.8 Å². The fourth-order valence-electron chi connectivity index (χ4n) is 2.64. The van der Waals surface area contributed by atoms with Gasteiger partial charge in [-0.2, -0.15) is 0 Å². The van der Waals surface area contributed by atoms with E-state index in [9.17, 15) is 4.79 Å². The van der Waals surface area contributed by atoms with Crippen LogP contribution in [-0.4, -0.2) is 37.1 Å². The minimum absolute atomic E-state index is 0.256. The molecule has 1 fully saturated rings. The number of urea groups is 1. The van der Waals surface area contributed by atoms with E-state index >= 15 is 0 Å². The van der Waals surface area contributed by atoms with Gasteiger partial charge >= 0.3 is 6.03 Å². The average Bonchev–Trinajstić information content (AvgIpc) is 3.40. The Morgan fingerprint density at radius 3 is 2.84 bits per heavy atom. The third-order valence-electron chi connectivity index (χ3n) is 4.12. The molecule has 25 heavy (non-hydrogen) atoms. The van der Waals surface area contributed by atoms with E-state index < -0.39 is 0 Å². The Kier molecular flexibility index (Phi) is 4.24. The van der Waals surface area contributed by atoms with E-state index in [1.807, 2.05) is 28.8 Å². The van der Waals surface area contributed by atoms with Gasteiger partial charge in [0.2, 0.25) is 0 Å². The van der Waals surface area contributed by atoms with Crippen LogP contribution in [0.1, 0.15) is 36.8 Å². The summed E-state index contributed by atoms with van der Waals surface area (Å²) in [6.45, 7) is 0.550. The van der Waals surface area contributed by atoms with Crippen molar-refractivity contribution in [3.63, 3.8) is 0 Å². The maximum Gasteiger partial charge on any atom is 0.319 e. The molecule has 3 aromatic rings. The summed E-state index contributed by atoms with van der Waals surface area (Å²) in [5.41, 5.74) is 1.43. The maximum absolute atomic E-state index is 11.9. The fraction of sp³-hybridized carbons (Fsp3) is 0.353. The van der Waals surface area contributed by atoms with Crippen LogP contribution in [0.25, 0.3) is 5.65 Å². The van der Waals surface area contributed by atoms with E-state index in [4.69, 9.17) is 0 Å². The lowest BCUT2D eigenvalue weighted by molar-refractivity contribution is 0.252. The Labute approximate surface area is 144 Å². The predicted octanol–water partition coefficient (Wildman–Crippen LogP) is 2.15. The normalized spacial score (nSPS) is 13.8. The predicted molar refractivity (Wildman–Crippen MR) is 92.3 cm³/mol. The SMILES string of the molecule is O=C(NCCCc1nnc2ccccn12)Nc1cnc(C2CC2)nc1. The Balaban J connectivity index is 1.22. The molecule has 0 radical (unpaired) electrons. The molecule has 0 atom stereocenters. The fourth-order valence-corrected chi connectivity index (χ4v) is 2.64. The Hall–Kier alpha value is -3.03. The zero-order valence-corrected chi connectivity index (χ0v) is 13.7. The molecule has 0 aliphatic heterocycles. The summed E-state index contributed by atoms with van der Waals surface area (Å²) in [7, 11) is 0. The molecule has 3 heterocycles. The van der Waals surface area contributed by atoms with Crippen molar-refractivity contribution in [3.8, 4) is 0 Å². The lowest BCUT2D eigenvalue weighted by Crippen LogP contribution is -2.30. The standard InChI is InChI=1S/C17H19N7O/c25-17(21-13-10-19-16(20-11-13)12-6-7-12)18-8-3-5-15-23-22-14-4-1-2-9-24(14)15/h1-2,4,9-12H,3,5-8H2,(H2,18,21,25). The van der Waals surface area contributed by atoms with Crippen molar-refractivity contribution in [2.45, 2.75) is 31.6 Å². The molecule has 128 valence electrons. The van der Waals surface area contributed by atoms with E-state index in [2.05, 4.69) is 30.8 Å². The van der Waals surface area contributed by atoms with Crippen LogP contribution in [-0.2, 0) is 6.42 Å². The van der Waals surface area contributed by atoms with Crippen molar-refractivity contribution in [2.24, 2.45) is 0 Å². The third kappa shape index (κ3) is 3.73. The number of carbonyl (C=O) groups excluding carboxylic acids is 1. The van der Waals surface area contributed by atoms with E-state index in [-0.39, 0.29) is 6.03 Å². The van der Waals surface area contributed by atoms with Crippen molar-refractivity contribution in [1.29, 1.82) is 0 Å². The van der Waals surface area contributed by atoms with Crippen molar-refractivity contribution in [2.75, 3.05) is 11.9 Å². The van der Waals surface area contributed by atoms with Crippen LogP contribution in [0.3, 0.4) is 0 Å². The first-order valence-corrected chi connectivity index (χ1v) is 8.45. The summed E-state index contributed by atoms with van der Waals surface area (Å²) in [6.07, 6.45) is 9.09. The van der Waals surface area contributed by atoms with Crippen molar-refractivity contribution >= 4 is 17.4 Å². The van der Waals surface area contributed by atoms with Crippen LogP contribution in [0.4, 0.5) is 10.5 Å². The molecule has 3 aromatic heterocycles. The largest absolute Gasteiger partial charge is 0.338 e. The van der Waals surface area contributed by atoms with Gasteiger partial charge in [0.25, 0.3) is 0 Å². The zero-order valence-electron chi connectivity index (χ0n) is 13.7. The highest BCUT2D eigenvalue weighted by Gasteiger charge is 2.26. The molecule has 1 aliphatic rings. The number of aryl methyl sites for hydroxylation is 1. The monoisotopic (exact) mass is 337 g/mol. The van der Waals surface area contributed by atoms with Gasteiger partial charge in [0, 0.05) is 25.1 Å². The molecule has 0 saturated heterocycles. The number of amides is 2. The minimum atomic E-state index is -0.256. The Morgan fingerprint density at radius 1 is 1.20 bits per heavy atom. The van der Waals surface area contributed by atoms with Gasteiger partial charge in [-0.3, -0.25) is 4.40 Å². The second-order valence-corrected chi connectivity index (χ2v) is 6.13. The molecular weight excluding hydrogens is 318 g/mol. The highest BCUT2D eigenvalue weighted by molar-refractivity contribution is 5.88. The summed E-state index contributed by atoms with van der Waals surface area (Å²) in [4.78, 5) is 20.5. The molecule has 0 bridgehead atoms. The Bertz CT molecular complexity index is 870. The van der Waals surface area contributed by atoms with Crippen molar-refractivity contribution < 1.29 is 4.79 Å². The number of hydrogen-bond acceptors (Lipinski definition) is 5. The number of carbonyl (C=O) groups is 1. The smallest absolute Gasteiger partial charge is 0.319 e. The first-order chi connectivity index (χ1) is 12.3. The summed E-state index contributed by atoms with van der Waals surface area (Å²) in [5.74, 6) is 2.27. The number of rotatable bonds is 6. The number of fused-ring (bicyclic) bond motifs is 1. The van der Waals surface area contributed by atoms with Crippen LogP contribution >= 0.6 is 0 Å². The van der Waals surface area contributed by atoms with E-state index in [0.717, 1.165) is 43.0 Å². The quantitative estimate of drug-likeness (QED) is 0.672. The maximum atomic E-state index is 11.9. The van der Waals surface area contributed by atoms with Gasteiger partial charge in [0.05, 0.1) is 18.1 Å². The first-order valence-electron chi connectivity index (χ1n) is 8.45. The molecule has 1 aliphatic carbocycles. The van der Waals surface area contributed by atoms with Gasteiger partial charge in [-0.15, -0.1) is 10.2 Å². The number of nitrogens with one attached hydrogen (secondary N) is 2. The number of aromatic nitrogens is 5. The summed E-state index contributed by atoms with van der Waals surface area (Å²) >= 11 is 0. The molecule has 0 spiro atoms. The summed E-state index contributed by atoms with van der Waals surface area (Å²) in [6, 6.07) is 5.54. The molecule has 0 aromatic carbocycles. The average molecular weight is 337 g/mol. The van der Waals surface area contributed by atoms with Crippen LogP contribution in [0.5, 0.6) is 0 Å². The van der Waals surface area contributed by atoms with E-state index in [0.29, 0.717) is 18.2 Å². The van der Waals surface area contributed by atoms with Crippen molar-refractivity contribution in [1.82, 2.24) is 29.9 Å². The minimum Gasteiger partial charge on any atom is -0.338 e. The molecule has 8 nitrogen and oxygen atoms in total. The number of pyridine rings is 1. The number of nitrogens with zero attached hydrogens (tertiary/aromatic N) is 5. The van der Waals surface area contributed by atoms with Gasteiger partial charge < -0.3 is 10.6 Å². The van der Waals surface area contributed by atoms with Crippen LogP contribution in [0, 0.1) is 0 Å². The first kappa shape index (κ1) is 15.5. The second kappa shape index (κ2) is 6.84. The lowest BCUT2D eigenvalue weighted by Gasteiger charge is -2.07. The third-order valence-corrected chi connectivity index (χ3v) is 4.12. The van der Waals surface area contributed by atoms with E-state index in [1.165, 1.54) is 0 Å². The highest BCUT2D eigenvalue weighted by atomic mass is 16.2. The van der Waals surface area contributed by atoms with Gasteiger partial charge in [-0.1, -0.05) is 6.07 Å². The van der Waals surface area contributed by atoms with E-state index in [1.54, 1.807) is 12.4 Å². The molecular formula is C17H19N7O. The molecule has 0 unspecified atom stereocenters. The van der Waals surface area contributed by atoms with Crippen LogP contribution < -0.4 is 10.6 Å². The van der Waals surface area contributed by atoms with Crippen molar-refractivity contribution in [3.05, 3.63) is 48.4 Å². The summed E-state index contributed by atoms with van der Waals surface area (Å²) in [5, 5.41) is 13.9. The topological polar surface area (TPSA) is 97.1 Å². The van der Waals surface area contributed by atoms with Gasteiger partial charge in [-0.05, 0) is 31.4 Å². The lowest BCUT2D eigenvalue weighted by atomic mass is 10.3. The number of anilines is 1. The van der Waals surface area contributed by atoms with Crippen LogP contribution in [0.15, 0.2) is 36.8 Å². The van der Waals surface area contributed by atoms with Crippen LogP contribution in [0.2, 0.25) is 0 Å². The number of hydrogen-bond donors (Lipinski definition) is 2. The zero-order chi connectivity index (χ0) is 17.1. The summed E-state index contributed by atoms with van der Waals surface area (Å²) < 4.78 is 1.96. The molecule has 8 heteroatoms. The molecule has 2 N–H and O–H groups in total. The van der Waals surface area contributed by atoms with Gasteiger partial charge in [0.15, 0.2) is 5.65 Å². The molecule has 1 saturated carbocycles. The highest BCUT2D eigenvalue weighted by Crippen LogP contribution is 2.37.